The fourth-order valence-electron chi connectivity index (χ4n) is 3.26. The van der Waals surface area contributed by atoms with Crippen molar-refractivity contribution in [2.45, 2.75) is 50.5 Å². The van der Waals surface area contributed by atoms with Crippen LogP contribution in [0, 0.1) is 13.8 Å². The van der Waals surface area contributed by atoms with E-state index in [-0.39, 0.29) is 11.4 Å². The Bertz CT molecular complexity index is 1050. The first-order valence-electron chi connectivity index (χ1n) is 8.87. The second-order valence-corrected chi connectivity index (χ2v) is 8.54. The van der Waals surface area contributed by atoms with Crippen LogP contribution in [-0.4, -0.2) is 28.6 Å². The third-order valence-electron chi connectivity index (χ3n) is 4.96. The van der Waals surface area contributed by atoms with Gasteiger partial charge in [-0.05, 0) is 49.9 Å². The van der Waals surface area contributed by atoms with Crippen molar-refractivity contribution in [3.05, 3.63) is 47.2 Å². The minimum atomic E-state index is -3.70. The Morgan fingerprint density at radius 3 is 2.63 bits per heavy atom. The number of aryl methyl sites for hydroxylation is 1. The highest BCUT2D eigenvalue weighted by molar-refractivity contribution is 7.89. The molecule has 0 aromatic carbocycles. The first kappa shape index (κ1) is 17.9. The monoisotopic (exact) mass is 387 g/mol. The van der Waals surface area contributed by atoms with Gasteiger partial charge in [-0.2, -0.15) is 0 Å². The molecule has 1 fully saturated rings. The first-order chi connectivity index (χ1) is 13.0. The highest BCUT2D eigenvalue weighted by atomic mass is 32.2. The summed E-state index contributed by atoms with van der Waals surface area (Å²) in [4.78, 5) is 7.25. The van der Waals surface area contributed by atoms with E-state index in [0.717, 1.165) is 18.4 Å². The fraction of sp³-hybridized carbons (Fsp3) is 0.389. The van der Waals surface area contributed by atoms with Gasteiger partial charge in [0.15, 0.2) is 0 Å². The van der Waals surface area contributed by atoms with Crippen molar-refractivity contribution in [1.82, 2.24) is 24.9 Å². The fourth-order valence-corrected chi connectivity index (χ4v) is 4.72. The van der Waals surface area contributed by atoms with E-state index >= 15 is 0 Å². The number of hydrogen-bond donors (Lipinski definition) is 2. The van der Waals surface area contributed by atoms with Crippen LogP contribution in [0.5, 0.6) is 0 Å². The quantitative estimate of drug-likeness (QED) is 0.672. The lowest BCUT2D eigenvalue weighted by atomic mass is 9.85. The molecule has 9 heteroatoms. The van der Waals surface area contributed by atoms with Crippen molar-refractivity contribution in [3.8, 4) is 11.6 Å². The molecule has 0 spiro atoms. The molecule has 0 bridgehead atoms. The molecule has 8 nitrogen and oxygen atoms in total. The minimum Gasteiger partial charge on any atom is -0.419 e. The lowest BCUT2D eigenvalue weighted by Gasteiger charge is -2.20. The summed E-state index contributed by atoms with van der Waals surface area (Å²) in [5.41, 5.74) is 2.49. The summed E-state index contributed by atoms with van der Waals surface area (Å²) >= 11 is 0. The number of hydrogen-bond acceptors (Lipinski definition) is 6. The van der Waals surface area contributed by atoms with Crippen molar-refractivity contribution in [1.29, 1.82) is 0 Å². The number of aromatic amines is 1. The lowest BCUT2D eigenvalue weighted by molar-refractivity contribution is 0.338. The average molecular weight is 387 g/mol. The summed E-state index contributed by atoms with van der Waals surface area (Å²) in [5.74, 6) is 1.28. The Morgan fingerprint density at radius 1 is 1.22 bits per heavy atom. The minimum absolute atomic E-state index is 0.191. The van der Waals surface area contributed by atoms with Gasteiger partial charge in [0.1, 0.15) is 10.6 Å². The highest BCUT2D eigenvalue weighted by Crippen LogP contribution is 2.37. The van der Waals surface area contributed by atoms with Gasteiger partial charge in [0.25, 0.3) is 5.89 Å². The predicted molar refractivity (Wildman–Crippen MR) is 98.4 cm³/mol. The number of sulfonamides is 1. The molecular weight excluding hydrogens is 366 g/mol. The number of nitrogens with one attached hydrogen (secondary N) is 2. The molecule has 27 heavy (non-hydrogen) atoms. The van der Waals surface area contributed by atoms with Gasteiger partial charge in [-0.1, -0.05) is 6.42 Å². The van der Waals surface area contributed by atoms with Crippen LogP contribution in [0.4, 0.5) is 0 Å². The Balaban J connectivity index is 1.60. The summed E-state index contributed by atoms with van der Waals surface area (Å²) in [5, 5.41) is 8.24. The van der Waals surface area contributed by atoms with Gasteiger partial charge in [0.2, 0.25) is 15.9 Å². The van der Waals surface area contributed by atoms with Crippen LogP contribution in [0.1, 0.15) is 47.9 Å². The molecular formula is C18H21N5O3S. The normalized spacial score (nSPS) is 15.0. The molecule has 4 rings (SSSR count). The summed E-state index contributed by atoms with van der Waals surface area (Å²) in [6.45, 7) is 3.66. The van der Waals surface area contributed by atoms with Gasteiger partial charge < -0.3 is 9.40 Å². The van der Waals surface area contributed by atoms with Crippen LogP contribution in [0.2, 0.25) is 0 Å². The number of pyridine rings is 1. The van der Waals surface area contributed by atoms with Gasteiger partial charge in [-0.25, -0.2) is 13.1 Å². The van der Waals surface area contributed by atoms with Crippen molar-refractivity contribution in [3.63, 3.8) is 0 Å². The van der Waals surface area contributed by atoms with Crippen molar-refractivity contribution in [2.75, 3.05) is 0 Å². The zero-order valence-corrected chi connectivity index (χ0v) is 16.0. The van der Waals surface area contributed by atoms with E-state index in [9.17, 15) is 8.42 Å². The van der Waals surface area contributed by atoms with Gasteiger partial charge in [0, 0.05) is 30.6 Å². The van der Waals surface area contributed by atoms with E-state index in [4.69, 9.17) is 4.42 Å². The number of rotatable bonds is 6. The molecule has 2 N–H and O–H groups in total. The van der Waals surface area contributed by atoms with Crippen LogP contribution < -0.4 is 4.72 Å². The van der Waals surface area contributed by atoms with Crippen LogP contribution in [-0.2, 0) is 16.6 Å². The molecule has 3 aromatic rings. The van der Waals surface area contributed by atoms with Gasteiger partial charge in [-0.3, -0.25) is 4.98 Å². The second-order valence-electron chi connectivity index (χ2n) is 6.83. The van der Waals surface area contributed by atoms with E-state index in [1.54, 1.807) is 38.4 Å². The van der Waals surface area contributed by atoms with Crippen molar-refractivity contribution >= 4 is 10.0 Å². The van der Waals surface area contributed by atoms with Crippen LogP contribution in [0.15, 0.2) is 33.8 Å². The smallest absolute Gasteiger partial charge is 0.264 e. The van der Waals surface area contributed by atoms with Crippen LogP contribution in [0.25, 0.3) is 11.6 Å². The molecule has 1 saturated carbocycles. The molecule has 3 aromatic heterocycles. The Morgan fingerprint density at radius 2 is 1.96 bits per heavy atom. The molecule has 0 radical (unpaired) electrons. The number of H-pyrrole nitrogens is 1. The summed E-state index contributed by atoms with van der Waals surface area (Å²) in [6.07, 6.45) is 6.55. The molecule has 1 aliphatic carbocycles. The van der Waals surface area contributed by atoms with Gasteiger partial charge >= 0.3 is 0 Å². The molecule has 3 heterocycles. The van der Waals surface area contributed by atoms with Gasteiger partial charge in [-0.15, -0.1) is 10.2 Å². The maximum atomic E-state index is 12.8. The standard InChI is InChI=1S/C18H21N5O3S/c1-11-15(18-23-22-17(26-18)14-4-3-5-14)21-12(2)16(11)27(24,25)20-10-13-6-8-19-9-7-13/h6-9,14,20-21H,3-5,10H2,1-2H3. The van der Waals surface area contributed by atoms with E-state index in [1.165, 1.54) is 6.42 Å². The Labute approximate surface area is 157 Å². The summed E-state index contributed by atoms with van der Waals surface area (Å²) in [6, 6.07) is 3.54. The van der Waals surface area contributed by atoms with Crippen molar-refractivity contribution < 1.29 is 12.8 Å². The number of nitrogens with zero attached hydrogens (tertiary/aromatic N) is 3. The molecule has 0 atom stereocenters. The highest BCUT2D eigenvalue weighted by Gasteiger charge is 2.29. The lowest BCUT2D eigenvalue weighted by Crippen LogP contribution is -2.24. The SMILES string of the molecule is Cc1[nH]c(-c2nnc(C3CCC3)o2)c(C)c1S(=O)(=O)NCc1ccncc1. The van der Waals surface area contributed by atoms with E-state index in [2.05, 4.69) is 24.9 Å². The third-order valence-corrected chi connectivity index (χ3v) is 6.64. The van der Waals surface area contributed by atoms with E-state index < -0.39 is 10.0 Å². The van der Waals surface area contributed by atoms with Crippen LogP contribution in [0.3, 0.4) is 0 Å². The predicted octanol–water partition coefficient (Wildman–Crippen LogP) is 2.82. The molecule has 0 saturated heterocycles. The molecule has 0 aliphatic heterocycles. The van der Waals surface area contributed by atoms with E-state index in [1.807, 2.05) is 0 Å². The Kier molecular flexibility index (Phi) is 4.56. The maximum Gasteiger partial charge on any atom is 0.264 e. The maximum absolute atomic E-state index is 12.8. The first-order valence-corrected chi connectivity index (χ1v) is 10.4. The largest absolute Gasteiger partial charge is 0.419 e. The van der Waals surface area contributed by atoms with Crippen LogP contribution >= 0.6 is 0 Å². The second kappa shape index (κ2) is 6.90. The van der Waals surface area contributed by atoms with Crippen molar-refractivity contribution in [2.24, 2.45) is 0 Å². The average Bonchev–Trinajstić information content (AvgIpc) is 3.17. The zero-order chi connectivity index (χ0) is 19.0. The number of aromatic nitrogens is 4. The zero-order valence-electron chi connectivity index (χ0n) is 15.2. The summed E-state index contributed by atoms with van der Waals surface area (Å²) < 4.78 is 34.1. The molecule has 0 unspecified atom stereocenters. The molecule has 142 valence electrons. The summed E-state index contributed by atoms with van der Waals surface area (Å²) in [7, 11) is -3.70. The Hall–Kier alpha value is -2.52. The van der Waals surface area contributed by atoms with E-state index in [0.29, 0.717) is 34.7 Å². The molecule has 1 aliphatic rings. The van der Waals surface area contributed by atoms with Gasteiger partial charge in [0.05, 0.1) is 0 Å². The topological polar surface area (TPSA) is 114 Å². The molecule has 0 amide bonds. The third kappa shape index (κ3) is 3.40.